The summed E-state index contributed by atoms with van der Waals surface area (Å²) >= 11 is 1.53. The Morgan fingerprint density at radius 1 is 1.08 bits per heavy atom. The van der Waals surface area contributed by atoms with Gasteiger partial charge in [-0.3, -0.25) is 0 Å². The summed E-state index contributed by atoms with van der Waals surface area (Å²) in [6.45, 7) is 12.7. The molecule has 3 aromatic heterocycles. The summed E-state index contributed by atoms with van der Waals surface area (Å²) in [4.78, 5) is 24.3. The number of aliphatic hydroxyl groups is 1. The number of fused-ring (bicyclic) bond motifs is 3. The van der Waals surface area contributed by atoms with Gasteiger partial charge in [0.1, 0.15) is 11.6 Å². The van der Waals surface area contributed by atoms with Crippen molar-refractivity contribution in [3.8, 4) is 5.75 Å². The van der Waals surface area contributed by atoms with Crippen molar-refractivity contribution in [2.24, 2.45) is 22.7 Å². The maximum absolute atomic E-state index is 12.9. The van der Waals surface area contributed by atoms with Crippen molar-refractivity contribution in [2.45, 2.75) is 91.1 Å². The highest BCUT2D eigenvalue weighted by Gasteiger charge is 2.60. The first-order chi connectivity index (χ1) is 28.8. The molecule has 4 bridgehead atoms. The minimum absolute atomic E-state index is 0.106. The molecule has 4 aromatic rings. The third-order valence-corrected chi connectivity index (χ3v) is 14.3. The predicted octanol–water partition coefficient (Wildman–Crippen LogP) is 7.65. The fourth-order valence-electron chi connectivity index (χ4n) is 11.4. The third-order valence-electron chi connectivity index (χ3n) is 13.4. The minimum Gasteiger partial charge on any atom is -0.497 e. The molecule has 14 nitrogen and oxygen atoms in total. The highest BCUT2D eigenvalue weighted by atomic mass is 32.1. The molecule has 1 aliphatic heterocycles. The van der Waals surface area contributed by atoms with Crippen molar-refractivity contribution in [3.63, 3.8) is 0 Å². The summed E-state index contributed by atoms with van der Waals surface area (Å²) in [6, 6.07) is 9.42. The second-order valence-corrected chi connectivity index (χ2v) is 19.3. The van der Waals surface area contributed by atoms with Crippen molar-refractivity contribution in [1.82, 2.24) is 30.8 Å². The number of benzene rings is 1. The van der Waals surface area contributed by atoms with Gasteiger partial charge in [-0.05, 0) is 125 Å². The molecular formula is C45H59N9O5S. The summed E-state index contributed by atoms with van der Waals surface area (Å²) in [5.41, 5.74) is 4.69. The summed E-state index contributed by atoms with van der Waals surface area (Å²) in [7, 11) is 1.64. The summed E-state index contributed by atoms with van der Waals surface area (Å²) in [6.07, 6.45) is 10.4. The van der Waals surface area contributed by atoms with Crippen LogP contribution in [0.15, 0.2) is 36.0 Å². The molecule has 6 N–H and O–H groups in total. The number of hydrogen-bond acceptors (Lipinski definition) is 14. The van der Waals surface area contributed by atoms with Gasteiger partial charge in [0.05, 0.1) is 29.5 Å². The minimum atomic E-state index is -1.15. The number of carboxylic acid groups (broad SMARTS) is 1. The van der Waals surface area contributed by atoms with Crippen LogP contribution in [-0.2, 0) is 11.2 Å². The number of rotatable bonds is 17. The topological polar surface area (TPSA) is 191 Å². The average Bonchev–Trinajstić information content (AvgIpc) is 3.56. The number of carbonyl (C=O) groups is 1. The van der Waals surface area contributed by atoms with Crippen LogP contribution in [0, 0.1) is 35.0 Å². The molecule has 0 spiro atoms. The van der Waals surface area contributed by atoms with Gasteiger partial charge in [-0.2, -0.15) is 0 Å². The fraction of sp³-hybridized carbons (Fsp3) is 0.556. The largest absolute Gasteiger partial charge is 0.497 e. The van der Waals surface area contributed by atoms with Crippen LogP contribution in [0.5, 0.6) is 5.75 Å². The van der Waals surface area contributed by atoms with Crippen LogP contribution in [0.25, 0.3) is 15.8 Å². The maximum atomic E-state index is 12.9. The van der Waals surface area contributed by atoms with Crippen LogP contribution < -0.4 is 25.6 Å². The number of methoxy groups -OCH3 is 1. The summed E-state index contributed by atoms with van der Waals surface area (Å²) < 4.78 is 13.2. The van der Waals surface area contributed by atoms with E-state index in [-0.39, 0.29) is 28.7 Å². The monoisotopic (exact) mass is 837 g/mol. The highest BCUT2D eigenvalue weighted by Crippen LogP contribution is 2.66. The number of aromatic nitrogens is 4. The number of allylic oxidation sites excluding steroid dienone is 2. The Balaban J connectivity index is 0.990. The first-order valence-electron chi connectivity index (χ1n) is 21.4. The molecule has 5 aliphatic rings. The van der Waals surface area contributed by atoms with Crippen LogP contribution in [0.1, 0.15) is 99.3 Å². The zero-order valence-corrected chi connectivity index (χ0v) is 36.3. The van der Waals surface area contributed by atoms with Crippen molar-refractivity contribution in [3.05, 3.63) is 58.4 Å². The van der Waals surface area contributed by atoms with Gasteiger partial charge in [-0.25, -0.2) is 14.8 Å². The van der Waals surface area contributed by atoms with Gasteiger partial charge in [0.25, 0.3) is 0 Å². The Morgan fingerprint density at radius 3 is 2.67 bits per heavy atom. The molecule has 4 heterocycles. The van der Waals surface area contributed by atoms with Crippen molar-refractivity contribution < 1.29 is 24.5 Å². The van der Waals surface area contributed by atoms with Gasteiger partial charge in [-0.1, -0.05) is 25.2 Å². The van der Waals surface area contributed by atoms with Crippen LogP contribution in [-0.4, -0.2) is 94.7 Å². The molecule has 0 radical (unpaired) electrons. The van der Waals surface area contributed by atoms with Crippen molar-refractivity contribution in [2.75, 3.05) is 56.7 Å². The van der Waals surface area contributed by atoms with Gasteiger partial charge < -0.3 is 45.9 Å². The first-order valence-corrected chi connectivity index (χ1v) is 22.2. The second-order valence-electron chi connectivity index (χ2n) is 18.3. The number of nitrogens with zero attached hydrogens (tertiary/aromatic N) is 5. The number of ether oxygens (including phenoxy) is 2. The van der Waals surface area contributed by atoms with E-state index < -0.39 is 5.97 Å². The molecule has 4 aliphatic carbocycles. The third kappa shape index (κ3) is 8.46. The summed E-state index contributed by atoms with van der Waals surface area (Å²) in [5, 5.41) is 48.5. The van der Waals surface area contributed by atoms with E-state index >= 15 is 0 Å². The molecule has 4 saturated carbocycles. The van der Waals surface area contributed by atoms with Gasteiger partial charge in [0.15, 0.2) is 22.5 Å². The molecule has 320 valence electrons. The molecule has 9 rings (SSSR count). The summed E-state index contributed by atoms with van der Waals surface area (Å²) in [5.74, 6) is 2.29. The number of anilines is 4. The van der Waals surface area contributed by atoms with Gasteiger partial charge in [0.2, 0.25) is 0 Å². The zero-order chi connectivity index (χ0) is 42.2. The molecule has 15 heteroatoms. The van der Waals surface area contributed by atoms with E-state index in [1.807, 2.05) is 43.0 Å². The molecule has 4 fully saturated rings. The Bertz CT molecular complexity index is 2300. The van der Waals surface area contributed by atoms with E-state index in [1.165, 1.54) is 30.4 Å². The van der Waals surface area contributed by atoms with Crippen LogP contribution in [0.4, 0.5) is 22.6 Å². The number of nitrogens with one attached hydrogen (secondary N) is 4. The number of aromatic carboxylic acids is 1. The molecule has 5 atom stereocenters. The van der Waals surface area contributed by atoms with Gasteiger partial charge in [0, 0.05) is 66.5 Å². The second kappa shape index (κ2) is 17.0. The Morgan fingerprint density at radius 2 is 1.90 bits per heavy atom. The average molecular weight is 838 g/mol. The predicted molar refractivity (Wildman–Crippen MR) is 236 cm³/mol. The standard InChI is InChI=1S/C45H59N9O5S/c1-27-32-8-6-15-54(40(32)53-52-39(27)51-42-49-35-18-31(58-5)9-11-36(35)60-42)37-12-10-33(38(50-37)41(56)57)34(22-46)28(2)48-23-30-20-44(4)24-43(3)19-29(30)21-45(25-43,26-44)59-17-14-47-13-7-16-55/h9-12,18,22,29-30,46-48,55H,6-8,13-17,19-21,23-26H2,1-5H3,(H,56,57)(H,49,51,52)/b34-28+,46-22?. The number of aliphatic hydroxyl groups excluding tert-OH is 1. The van der Waals surface area contributed by atoms with Crippen LogP contribution in [0.3, 0.4) is 0 Å². The van der Waals surface area contributed by atoms with E-state index in [0.717, 1.165) is 97.4 Å². The highest BCUT2D eigenvalue weighted by molar-refractivity contribution is 7.22. The Labute approximate surface area is 356 Å². The Hall–Kier alpha value is -4.70. The molecule has 0 amide bonds. The molecule has 5 unspecified atom stereocenters. The van der Waals surface area contributed by atoms with E-state index in [2.05, 4.69) is 40.0 Å². The maximum Gasteiger partial charge on any atom is 0.355 e. The van der Waals surface area contributed by atoms with Crippen molar-refractivity contribution >= 4 is 61.9 Å². The van der Waals surface area contributed by atoms with E-state index in [9.17, 15) is 9.90 Å². The fourth-order valence-corrected chi connectivity index (χ4v) is 12.3. The lowest BCUT2D eigenvalue weighted by molar-refractivity contribution is -0.162. The van der Waals surface area contributed by atoms with Crippen LogP contribution in [0.2, 0.25) is 0 Å². The van der Waals surface area contributed by atoms with E-state index in [0.29, 0.717) is 58.7 Å². The SMILES string of the molecule is COc1ccc2sc(Nc3nnc4c(c3C)CCCN4c3ccc(/C(C=N)=C(\C)NCC4CC5(C)CC6(C)CC4CC(OCCNCCCO)(C5)C6)c(C(=O)O)n3)nc2c1. The molecule has 1 aromatic carbocycles. The normalized spacial score (nSPS) is 26.1. The molecule has 60 heavy (non-hydrogen) atoms. The lowest BCUT2D eigenvalue weighted by atomic mass is 9.53. The number of hydrogen-bond donors (Lipinski definition) is 6. The van der Waals surface area contributed by atoms with Gasteiger partial charge >= 0.3 is 5.97 Å². The molecule has 0 saturated heterocycles. The first kappa shape index (κ1) is 42.0. The lowest BCUT2D eigenvalue weighted by Gasteiger charge is -2.56. The molecular weight excluding hydrogens is 779 g/mol. The van der Waals surface area contributed by atoms with E-state index in [1.54, 1.807) is 13.2 Å². The number of pyridine rings is 1. The lowest BCUT2D eigenvalue weighted by Crippen LogP contribution is -2.53. The number of carboxylic acids is 1. The zero-order valence-electron chi connectivity index (χ0n) is 35.5. The van der Waals surface area contributed by atoms with E-state index in [4.69, 9.17) is 30.0 Å². The number of thiazole rings is 1. The Kier molecular flexibility index (Phi) is 11.9. The quantitative estimate of drug-likeness (QED) is 0.0450. The van der Waals surface area contributed by atoms with Gasteiger partial charge in [-0.15, -0.1) is 10.2 Å². The van der Waals surface area contributed by atoms with Crippen molar-refractivity contribution in [1.29, 1.82) is 5.41 Å². The smallest absolute Gasteiger partial charge is 0.355 e. The van der Waals surface area contributed by atoms with Crippen LogP contribution >= 0.6 is 11.3 Å².